The Labute approximate surface area is 115 Å². The molecule has 20 heavy (non-hydrogen) atoms. The van der Waals surface area contributed by atoms with Crippen LogP contribution in [0.5, 0.6) is 0 Å². The minimum atomic E-state index is -4.34. The Morgan fingerprint density at radius 3 is 2.75 bits per heavy atom. The highest BCUT2D eigenvalue weighted by molar-refractivity contribution is 5.73. The fraction of sp³-hybridized carbons (Fsp3) is 0.462. The van der Waals surface area contributed by atoms with Crippen molar-refractivity contribution in [1.82, 2.24) is 0 Å². The number of nitrogens with two attached hydrogens (primary N) is 1. The molecule has 0 aromatic heterocycles. The van der Waals surface area contributed by atoms with Crippen LogP contribution in [-0.2, 0) is 10.9 Å². The molecule has 2 rings (SSSR count). The third kappa shape index (κ3) is 3.34. The first-order valence-corrected chi connectivity index (χ1v) is 6.28. The fourth-order valence-electron chi connectivity index (χ4n) is 2.08. The van der Waals surface area contributed by atoms with E-state index in [9.17, 15) is 13.2 Å². The summed E-state index contributed by atoms with van der Waals surface area (Å²) in [5.74, 6) is 0. The number of anilines is 1. The van der Waals surface area contributed by atoms with Crippen molar-refractivity contribution in [2.24, 2.45) is 10.7 Å². The predicted octanol–water partition coefficient (Wildman–Crippen LogP) is 2.25. The van der Waals surface area contributed by atoms with Gasteiger partial charge in [-0.1, -0.05) is 6.07 Å². The van der Waals surface area contributed by atoms with Crippen molar-refractivity contribution in [2.75, 3.05) is 24.6 Å². The maximum absolute atomic E-state index is 12.7. The molecule has 0 bridgehead atoms. The monoisotopic (exact) mass is 287 g/mol. The number of likely N-dealkylation sites (N-methyl/N-ethyl adjacent to an activating group) is 1. The maximum atomic E-state index is 12.7. The molecule has 0 saturated carbocycles. The lowest BCUT2D eigenvalue weighted by molar-refractivity contribution is -0.137. The van der Waals surface area contributed by atoms with E-state index in [-0.39, 0.29) is 12.1 Å². The van der Waals surface area contributed by atoms with Crippen LogP contribution < -0.4 is 10.6 Å². The topological polar surface area (TPSA) is 50.9 Å². The zero-order valence-corrected chi connectivity index (χ0v) is 11.0. The Bertz CT molecular complexity index is 502. The molecule has 0 fully saturated rings. The largest absolute Gasteiger partial charge is 0.463 e. The molecule has 0 aliphatic carbocycles. The van der Waals surface area contributed by atoms with Gasteiger partial charge in [-0.15, -0.1) is 0 Å². The Morgan fingerprint density at radius 1 is 1.45 bits per heavy atom. The number of amidine groups is 1. The average Bonchev–Trinajstić information content (AvgIpc) is 2.81. The molecule has 0 radical (unpaired) electrons. The number of hydrogen-bond acceptors (Lipinski definition) is 4. The van der Waals surface area contributed by atoms with Gasteiger partial charge in [0.05, 0.1) is 5.56 Å². The molecule has 2 N–H and O–H groups in total. The minimum absolute atomic E-state index is 0.134. The number of hydrogen-bond donors (Lipinski definition) is 1. The molecular formula is C13H16F3N3O. The van der Waals surface area contributed by atoms with Crippen LogP contribution >= 0.6 is 0 Å². The van der Waals surface area contributed by atoms with Gasteiger partial charge in [0.2, 0.25) is 0 Å². The molecular weight excluding hydrogens is 271 g/mol. The Hall–Kier alpha value is -1.92. The van der Waals surface area contributed by atoms with Gasteiger partial charge < -0.3 is 15.4 Å². The lowest BCUT2D eigenvalue weighted by atomic mass is 10.1. The quantitative estimate of drug-likeness (QED) is 0.924. The molecule has 1 aromatic rings. The van der Waals surface area contributed by atoms with E-state index in [1.807, 2.05) is 11.8 Å². The minimum Gasteiger partial charge on any atom is -0.463 e. The molecule has 110 valence electrons. The van der Waals surface area contributed by atoms with Gasteiger partial charge in [-0.3, -0.25) is 0 Å². The number of halogens is 3. The van der Waals surface area contributed by atoms with Crippen LogP contribution in [0.3, 0.4) is 0 Å². The molecule has 0 saturated heterocycles. The standard InChI is InChI=1S/C13H16F3N3O/c1-2-19(7-10-8-20-12(17)18-10)11-5-3-4-9(6-11)13(14,15)16/h3-6,10H,2,7-8H2,1H3,(H2,17,18). The van der Waals surface area contributed by atoms with Crippen LogP contribution in [0.2, 0.25) is 0 Å². The summed E-state index contributed by atoms with van der Waals surface area (Å²) in [4.78, 5) is 5.91. The van der Waals surface area contributed by atoms with Crippen LogP contribution in [0, 0.1) is 0 Å². The summed E-state index contributed by atoms with van der Waals surface area (Å²) in [6, 6.07) is 5.25. The van der Waals surface area contributed by atoms with E-state index in [0.717, 1.165) is 12.1 Å². The van der Waals surface area contributed by atoms with Crippen molar-refractivity contribution in [2.45, 2.75) is 19.1 Å². The fourth-order valence-corrected chi connectivity index (χ4v) is 2.08. The van der Waals surface area contributed by atoms with Gasteiger partial charge in [-0.25, -0.2) is 4.99 Å². The number of ether oxygens (including phenoxy) is 1. The summed E-state index contributed by atoms with van der Waals surface area (Å²) in [5.41, 5.74) is 5.29. The highest BCUT2D eigenvalue weighted by Gasteiger charge is 2.31. The highest BCUT2D eigenvalue weighted by atomic mass is 19.4. The average molecular weight is 287 g/mol. The third-order valence-electron chi connectivity index (χ3n) is 3.08. The second-order valence-corrected chi connectivity index (χ2v) is 4.52. The first-order chi connectivity index (χ1) is 9.40. The van der Waals surface area contributed by atoms with E-state index in [4.69, 9.17) is 10.5 Å². The van der Waals surface area contributed by atoms with Crippen molar-refractivity contribution < 1.29 is 17.9 Å². The van der Waals surface area contributed by atoms with Crippen LogP contribution in [0.1, 0.15) is 12.5 Å². The van der Waals surface area contributed by atoms with Gasteiger partial charge in [0.25, 0.3) is 6.02 Å². The lowest BCUT2D eigenvalue weighted by Gasteiger charge is -2.25. The number of aliphatic imine (C=N–C) groups is 1. The summed E-state index contributed by atoms with van der Waals surface area (Å²) in [6.45, 7) is 3.29. The van der Waals surface area contributed by atoms with Crippen molar-refractivity contribution in [3.63, 3.8) is 0 Å². The van der Waals surface area contributed by atoms with Crippen molar-refractivity contribution in [3.05, 3.63) is 29.8 Å². The Kier molecular flexibility index (Phi) is 4.06. The number of benzene rings is 1. The van der Waals surface area contributed by atoms with Gasteiger partial charge in [-0.2, -0.15) is 13.2 Å². The van der Waals surface area contributed by atoms with Crippen molar-refractivity contribution in [3.8, 4) is 0 Å². The van der Waals surface area contributed by atoms with E-state index >= 15 is 0 Å². The van der Waals surface area contributed by atoms with E-state index in [1.165, 1.54) is 6.07 Å². The van der Waals surface area contributed by atoms with Crippen molar-refractivity contribution in [1.29, 1.82) is 0 Å². The number of nitrogens with zero attached hydrogens (tertiary/aromatic N) is 2. The van der Waals surface area contributed by atoms with E-state index in [2.05, 4.69) is 4.99 Å². The second-order valence-electron chi connectivity index (χ2n) is 4.52. The molecule has 7 heteroatoms. The van der Waals surface area contributed by atoms with Gasteiger partial charge in [0.15, 0.2) is 0 Å². The van der Waals surface area contributed by atoms with Gasteiger partial charge in [-0.05, 0) is 25.1 Å². The zero-order valence-electron chi connectivity index (χ0n) is 11.0. The third-order valence-corrected chi connectivity index (χ3v) is 3.08. The molecule has 1 aliphatic heterocycles. The molecule has 1 heterocycles. The predicted molar refractivity (Wildman–Crippen MR) is 70.7 cm³/mol. The van der Waals surface area contributed by atoms with Crippen LogP contribution in [-0.4, -0.2) is 31.8 Å². The first kappa shape index (κ1) is 14.5. The summed E-state index contributed by atoms with van der Waals surface area (Å²) in [5, 5.41) is 0. The van der Waals surface area contributed by atoms with E-state index in [0.29, 0.717) is 25.4 Å². The summed E-state index contributed by atoms with van der Waals surface area (Å²) in [6.07, 6.45) is -4.34. The lowest BCUT2D eigenvalue weighted by Crippen LogP contribution is -2.32. The van der Waals surface area contributed by atoms with Gasteiger partial charge >= 0.3 is 6.18 Å². The van der Waals surface area contributed by atoms with Gasteiger partial charge in [0.1, 0.15) is 12.6 Å². The Balaban J connectivity index is 2.15. The SMILES string of the molecule is CCN(CC1COC(N)=N1)c1cccc(C(F)(F)F)c1. The summed E-state index contributed by atoms with van der Waals surface area (Å²) >= 11 is 0. The molecule has 4 nitrogen and oxygen atoms in total. The van der Waals surface area contributed by atoms with Crippen molar-refractivity contribution >= 4 is 11.7 Å². The highest BCUT2D eigenvalue weighted by Crippen LogP contribution is 2.31. The van der Waals surface area contributed by atoms with E-state index < -0.39 is 11.7 Å². The first-order valence-electron chi connectivity index (χ1n) is 6.28. The smallest absolute Gasteiger partial charge is 0.416 e. The molecule has 0 spiro atoms. The van der Waals surface area contributed by atoms with Crippen LogP contribution in [0.4, 0.5) is 18.9 Å². The molecule has 0 amide bonds. The summed E-state index contributed by atoms with van der Waals surface area (Å²) in [7, 11) is 0. The number of rotatable bonds is 4. The van der Waals surface area contributed by atoms with Crippen LogP contribution in [0.15, 0.2) is 29.3 Å². The second kappa shape index (κ2) is 5.60. The molecule has 1 aromatic carbocycles. The zero-order chi connectivity index (χ0) is 14.8. The normalized spacial score (nSPS) is 18.6. The van der Waals surface area contributed by atoms with Gasteiger partial charge in [0, 0.05) is 18.8 Å². The Morgan fingerprint density at radius 2 is 2.20 bits per heavy atom. The van der Waals surface area contributed by atoms with Crippen LogP contribution in [0.25, 0.3) is 0 Å². The van der Waals surface area contributed by atoms with E-state index in [1.54, 1.807) is 6.07 Å². The summed E-state index contributed by atoms with van der Waals surface area (Å²) < 4.78 is 43.2. The molecule has 1 aliphatic rings. The maximum Gasteiger partial charge on any atom is 0.416 e. The molecule has 1 unspecified atom stereocenters. The number of alkyl halides is 3. The molecule has 1 atom stereocenters.